The van der Waals surface area contributed by atoms with E-state index in [2.05, 4.69) is 15.3 Å². The number of carbonyl (C=O) groups excluding carboxylic acids is 1. The van der Waals surface area contributed by atoms with Crippen molar-refractivity contribution in [3.05, 3.63) is 41.3 Å². The van der Waals surface area contributed by atoms with Gasteiger partial charge in [-0.1, -0.05) is 0 Å². The van der Waals surface area contributed by atoms with E-state index in [-0.39, 0.29) is 28.7 Å². The topological polar surface area (TPSA) is 93.4 Å². The maximum absolute atomic E-state index is 13.5. The van der Waals surface area contributed by atoms with Gasteiger partial charge in [0.05, 0.1) is 18.2 Å². The molecule has 0 spiro atoms. The molecule has 0 bridgehead atoms. The van der Waals surface area contributed by atoms with Crippen molar-refractivity contribution in [1.82, 2.24) is 15.3 Å². The fourth-order valence-electron chi connectivity index (χ4n) is 2.87. The largest absolute Gasteiger partial charge is 0.496 e. The molecule has 1 fully saturated rings. The molecule has 1 saturated heterocycles. The highest BCUT2D eigenvalue weighted by atomic mass is 19.1. The van der Waals surface area contributed by atoms with Crippen LogP contribution in [0.3, 0.4) is 0 Å². The number of ether oxygens (including phenoxy) is 1. The third-order valence-electron chi connectivity index (χ3n) is 4.35. The summed E-state index contributed by atoms with van der Waals surface area (Å²) in [6, 6.07) is 4.02. The number of nitrogens with two attached hydrogens (primary N) is 1. The minimum absolute atomic E-state index is 0.0547. The van der Waals surface area contributed by atoms with Crippen LogP contribution >= 0.6 is 0 Å². The third-order valence-corrected chi connectivity index (χ3v) is 4.35. The molecule has 3 rings (SSSR count). The van der Waals surface area contributed by atoms with E-state index in [9.17, 15) is 9.18 Å². The van der Waals surface area contributed by atoms with E-state index < -0.39 is 11.6 Å². The van der Waals surface area contributed by atoms with E-state index in [4.69, 9.17) is 10.5 Å². The maximum atomic E-state index is 13.5. The first kappa shape index (κ1) is 17.1. The summed E-state index contributed by atoms with van der Waals surface area (Å²) in [6.07, 6.45) is 2.37. The van der Waals surface area contributed by atoms with Crippen molar-refractivity contribution >= 4 is 17.5 Å². The Balaban J connectivity index is 1.90. The van der Waals surface area contributed by atoms with E-state index in [0.717, 1.165) is 25.6 Å². The molecule has 1 aromatic heterocycles. The molecule has 0 radical (unpaired) electrons. The lowest BCUT2D eigenvalue weighted by Crippen LogP contribution is -2.34. The predicted octanol–water partition coefficient (Wildman–Crippen LogP) is 1.24. The van der Waals surface area contributed by atoms with Gasteiger partial charge in [-0.2, -0.15) is 4.98 Å². The summed E-state index contributed by atoms with van der Waals surface area (Å²) in [5.74, 6) is -0.239. The van der Waals surface area contributed by atoms with Gasteiger partial charge < -0.3 is 20.7 Å². The van der Waals surface area contributed by atoms with Crippen LogP contribution in [-0.2, 0) is 0 Å². The van der Waals surface area contributed by atoms with Crippen molar-refractivity contribution < 1.29 is 13.9 Å². The second-order valence-corrected chi connectivity index (χ2v) is 5.90. The van der Waals surface area contributed by atoms with Crippen LogP contribution in [0.2, 0.25) is 0 Å². The fourth-order valence-corrected chi connectivity index (χ4v) is 2.87. The molecule has 1 aliphatic heterocycles. The van der Waals surface area contributed by atoms with Gasteiger partial charge >= 0.3 is 0 Å². The number of halogens is 1. The molecule has 132 valence electrons. The van der Waals surface area contributed by atoms with Crippen LogP contribution in [-0.4, -0.2) is 49.0 Å². The molecule has 2 heterocycles. The quantitative estimate of drug-likeness (QED) is 0.787. The number of carbonyl (C=O) groups is 1. The highest BCUT2D eigenvalue weighted by Gasteiger charge is 2.24. The average molecular weight is 345 g/mol. The van der Waals surface area contributed by atoms with Gasteiger partial charge in [-0.15, -0.1) is 0 Å². The van der Waals surface area contributed by atoms with Crippen LogP contribution < -0.4 is 20.7 Å². The predicted molar refractivity (Wildman–Crippen MR) is 92.5 cm³/mol. The standard InChI is InChI=1S/C17H20FN5O2/c1-23(11-5-6-20-8-11)17-21-9-13(16(19)22-17)15(24)12-7-10(18)3-4-14(12)25-2/h3-4,7,9,11,20H,5-6,8H2,1-2H3,(H2,19,21,22)/t11-/m1/s1. The zero-order chi connectivity index (χ0) is 18.0. The third kappa shape index (κ3) is 3.39. The maximum Gasteiger partial charge on any atom is 0.227 e. The Morgan fingerprint density at radius 1 is 1.44 bits per heavy atom. The number of nitrogens with one attached hydrogen (secondary N) is 1. The Labute approximate surface area is 145 Å². The first-order valence-corrected chi connectivity index (χ1v) is 7.95. The number of ketones is 1. The van der Waals surface area contributed by atoms with Gasteiger partial charge in [-0.05, 0) is 31.2 Å². The van der Waals surface area contributed by atoms with Crippen molar-refractivity contribution in [3.63, 3.8) is 0 Å². The molecule has 2 aromatic rings. The molecule has 1 aliphatic rings. The molecule has 0 amide bonds. The van der Waals surface area contributed by atoms with E-state index in [1.54, 1.807) is 0 Å². The molecule has 7 nitrogen and oxygen atoms in total. The van der Waals surface area contributed by atoms with Gasteiger partial charge in [0.1, 0.15) is 17.4 Å². The molecule has 0 aliphatic carbocycles. The summed E-state index contributed by atoms with van der Waals surface area (Å²) in [6.45, 7) is 1.79. The number of hydrogen-bond acceptors (Lipinski definition) is 7. The van der Waals surface area contributed by atoms with Crippen LogP contribution in [0.25, 0.3) is 0 Å². The molecule has 1 aromatic carbocycles. The number of rotatable bonds is 5. The summed E-state index contributed by atoms with van der Waals surface area (Å²) in [5.41, 5.74) is 6.18. The first-order chi connectivity index (χ1) is 12.0. The zero-order valence-corrected chi connectivity index (χ0v) is 14.1. The Morgan fingerprint density at radius 2 is 2.24 bits per heavy atom. The van der Waals surface area contributed by atoms with Crippen LogP contribution in [0.4, 0.5) is 16.2 Å². The number of benzene rings is 1. The number of likely N-dealkylation sites (N-methyl/N-ethyl adjacent to an activating group) is 1. The fraction of sp³-hybridized carbons (Fsp3) is 0.353. The van der Waals surface area contributed by atoms with Gasteiger partial charge in [0.15, 0.2) is 0 Å². The van der Waals surface area contributed by atoms with Gasteiger partial charge in [-0.25, -0.2) is 9.37 Å². The molecule has 25 heavy (non-hydrogen) atoms. The van der Waals surface area contributed by atoms with Gasteiger partial charge in [0, 0.05) is 25.8 Å². The minimum Gasteiger partial charge on any atom is -0.496 e. The second kappa shape index (κ2) is 7.02. The van der Waals surface area contributed by atoms with Gasteiger partial charge in [0.2, 0.25) is 11.7 Å². The lowest BCUT2D eigenvalue weighted by Gasteiger charge is -2.24. The second-order valence-electron chi connectivity index (χ2n) is 5.90. The van der Waals surface area contributed by atoms with E-state index in [0.29, 0.717) is 5.95 Å². The molecule has 0 unspecified atom stereocenters. The minimum atomic E-state index is -0.534. The average Bonchev–Trinajstić information content (AvgIpc) is 3.15. The lowest BCUT2D eigenvalue weighted by molar-refractivity contribution is 0.103. The molecule has 1 atom stereocenters. The van der Waals surface area contributed by atoms with Crippen molar-refractivity contribution in [3.8, 4) is 5.75 Å². The van der Waals surface area contributed by atoms with E-state index in [1.807, 2.05) is 11.9 Å². The number of hydrogen-bond donors (Lipinski definition) is 2. The summed E-state index contributed by atoms with van der Waals surface area (Å²) < 4.78 is 18.6. The van der Waals surface area contributed by atoms with Crippen LogP contribution in [0, 0.1) is 5.82 Å². The van der Waals surface area contributed by atoms with Crippen molar-refractivity contribution in [2.24, 2.45) is 0 Å². The molecular formula is C17H20FN5O2. The van der Waals surface area contributed by atoms with Crippen LogP contribution in [0.1, 0.15) is 22.3 Å². The first-order valence-electron chi connectivity index (χ1n) is 7.95. The summed E-state index contributed by atoms with van der Waals surface area (Å²) >= 11 is 0. The van der Waals surface area contributed by atoms with E-state index >= 15 is 0 Å². The summed E-state index contributed by atoms with van der Waals surface area (Å²) in [4.78, 5) is 23.2. The van der Waals surface area contributed by atoms with Crippen molar-refractivity contribution in [2.45, 2.75) is 12.5 Å². The van der Waals surface area contributed by atoms with E-state index in [1.165, 1.54) is 25.4 Å². The van der Waals surface area contributed by atoms with Crippen molar-refractivity contribution in [2.75, 3.05) is 37.9 Å². The molecular weight excluding hydrogens is 325 g/mol. The zero-order valence-electron chi connectivity index (χ0n) is 14.1. The lowest BCUT2D eigenvalue weighted by atomic mass is 10.0. The number of aromatic nitrogens is 2. The Bertz CT molecular complexity index is 793. The Hall–Kier alpha value is -2.74. The monoisotopic (exact) mass is 345 g/mol. The summed E-state index contributed by atoms with van der Waals surface area (Å²) in [5, 5.41) is 3.27. The van der Waals surface area contributed by atoms with Crippen LogP contribution in [0.5, 0.6) is 5.75 Å². The smallest absolute Gasteiger partial charge is 0.227 e. The highest BCUT2D eigenvalue weighted by molar-refractivity contribution is 6.13. The van der Waals surface area contributed by atoms with Gasteiger partial charge in [-0.3, -0.25) is 4.79 Å². The van der Waals surface area contributed by atoms with Crippen molar-refractivity contribution in [1.29, 1.82) is 0 Å². The SMILES string of the molecule is COc1ccc(F)cc1C(=O)c1cnc(N(C)[C@@H]2CCNC2)nc1N. The van der Waals surface area contributed by atoms with Crippen LogP contribution in [0.15, 0.2) is 24.4 Å². The summed E-state index contributed by atoms with van der Waals surface area (Å²) in [7, 11) is 3.31. The molecule has 8 heteroatoms. The molecule has 0 saturated carbocycles. The number of nitrogens with zero attached hydrogens (tertiary/aromatic N) is 3. The highest BCUT2D eigenvalue weighted by Crippen LogP contribution is 2.25. The number of methoxy groups -OCH3 is 1. The molecule has 3 N–H and O–H groups in total. The normalized spacial score (nSPS) is 16.7. The Morgan fingerprint density at radius 3 is 2.88 bits per heavy atom. The Kier molecular flexibility index (Phi) is 4.80. The number of anilines is 2. The van der Waals surface area contributed by atoms with Gasteiger partial charge in [0.25, 0.3) is 0 Å². The number of nitrogen functional groups attached to an aromatic ring is 1.